The lowest BCUT2D eigenvalue weighted by Crippen LogP contribution is -2.17. The standard InChI is InChI=1S/C22H18F2N4O/c1-13-2-3-15(18-9-6-16(23)11-19(18)24)10-21-26-20(12-22(29)28(21)27-13)14-4-7-17(25)8-5-14/h2-12,26-27H,25H2,1H3. The van der Waals surface area contributed by atoms with E-state index >= 15 is 0 Å². The lowest BCUT2D eigenvalue weighted by molar-refractivity contribution is 0.585. The molecule has 0 aliphatic heterocycles. The van der Waals surface area contributed by atoms with Gasteiger partial charge in [-0.15, -0.1) is 0 Å². The van der Waals surface area contributed by atoms with Crippen LogP contribution in [0.5, 0.6) is 0 Å². The first kappa shape index (κ1) is 18.5. The molecule has 146 valence electrons. The normalized spacial score (nSPS) is 10.9. The summed E-state index contributed by atoms with van der Waals surface area (Å²) >= 11 is 0. The molecule has 2 aromatic carbocycles. The Bertz CT molecular complexity index is 1320. The Labute approximate surface area is 164 Å². The summed E-state index contributed by atoms with van der Waals surface area (Å²) in [7, 11) is 0. The monoisotopic (exact) mass is 392 g/mol. The van der Waals surface area contributed by atoms with Gasteiger partial charge in [0.05, 0.1) is 5.69 Å². The summed E-state index contributed by atoms with van der Waals surface area (Å²) in [5, 5.41) is 3.00. The number of fused-ring (bicyclic) bond motifs is 1. The van der Waals surface area contributed by atoms with Crippen molar-refractivity contribution in [3.8, 4) is 22.4 Å². The maximum absolute atomic E-state index is 14.4. The van der Waals surface area contributed by atoms with Crippen LogP contribution in [0.1, 0.15) is 5.69 Å². The summed E-state index contributed by atoms with van der Waals surface area (Å²) in [6.45, 7) is 1.78. The van der Waals surface area contributed by atoms with E-state index in [9.17, 15) is 13.6 Å². The van der Waals surface area contributed by atoms with Gasteiger partial charge in [0.2, 0.25) is 0 Å². The smallest absolute Gasteiger partial charge is 0.273 e. The Morgan fingerprint density at radius 1 is 0.897 bits per heavy atom. The van der Waals surface area contributed by atoms with Crippen molar-refractivity contribution < 1.29 is 8.78 Å². The van der Waals surface area contributed by atoms with Crippen LogP contribution in [-0.4, -0.2) is 14.6 Å². The van der Waals surface area contributed by atoms with Gasteiger partial charge in [-0.1, -0.05) is 18.2 Å². The minimum Gasteiger partial charge on any atom is -0.399 e. The fourth-order valence-electron chi connectivity index (χ4n) is 3.09. The van der Waals surface area contributed by atoms with E-state index in [2.05, 4.69) is 10.1 Å². The van der Waals surface area contributed by atoms with Gasteiger partial charge in [0.15, 0.2) is 0 Å². The number of H-pyrrole nitrogens is 2. The Hall–Kier alpha value is -3.87. The summed E-state index contributed by atoms with van der Waals surface area (Å²) in [6, 6.07) is 17.0. The highest BCUT2D eigenvalue weighted by molar-refractivity contribution is 5.69. The Kier molecular flexibility index (Phi) is 4.64. The summed E-state index contributed by atoms with van der Waals surface area (Å²) < 4.78 is 29.0. The zero-order chi connectivity index (χ0) is 20.5. The van der Waals surface area contributed by atoms with Crippen molar-refractivity contribution in [2.24, 2.45) is 0 Å². The summed E-state index contributed by atoms with van der Waals surface area (Å²) in [5.74, 6) is -1.34. The SMILES string of the molecule is Cc1ccc(-c2ccc(F)cc2F)cc2[nH]c(-c3ccc(N)cc3)cc(=O)n2[nH]1. The lowest BCUT2D eigenvalue weighted by Gasteiger charge is -2.09. The van der Waals surface area contributed by atoms with Gasteiger partial charge in [-0.3, -0.25) is 9.89 Å². The van der Waals surface area contributed by atoms with E-state index in [1.807, 2.05) is 0 Å². The fourth-order valence-corrected chi connectivity index (χ4v) is 3.09. The number of hydrogen-bond donors (Lipinski definition) is 3. The number of nitrogens with one attached hydrogen (secondary N) is 2. The van der Waals surface area contributed by atoms with Crippen LogP contribution in [0, 0.1) is 18.6 Å². The first-order valence-corrected chi connectivity index (χ1v) is 8.92. The van der Waals surface area contributed by atoms with Crippen LogP contribution in [0.25, 0.3) is 28.0 Å². The number of nitrogens with two attached hydrogens (primary N) is 1. The molecule has 2 heterocycles. The number of aromatic nitrogens is 3. The van der Waals surface area contributed by atoms with Crippen molar-refractivity contribution in [1.29, 1.82) is 0 Å². The molecule has 4 aromatic rings. The number of rotatable bonds is 2. The molecule has 4 rings (SSSR count). The molecule has 0 aliphatic carbocycles. The Balaban J connectivity index is 2.02. The molecule has 0 spiro atoms. The quantitative estimate of drug-likeness (QED) is 0.437. The van der Waals surface area contributed by atoms with E-state index in [0.29, 0.717) is 28.3 Å². The number of aryl methyl sites for hydroxylation is 1. The number of nitrogen functional groups attached to an aromatic ring is 1. The fraction of sp³-hybridized carbons (Fsp3) is 0.0455. The predicted molar refractivity (Wildman–Crippen MR) is 110 cm³/mol. The Morgan fingerprint density at radius 3 is 2.34 bits per heavy atom. The molecule has 0 aliphatic rings. The maximum atomic E-state index is 14.4. The van der Waals surface area contributed by atoms with Crippen molar-refractivity contribution >= 4 is 11.3 Å². The lowest BCUT2D eigenvalue weighted by atomic mass is 10.1. The molecule has 0 unspecified atom stereocenters. The number of anilines is 1. The highest BCUT2D eigenvalue weighted by atomic mass is 19.1. The molecule has 0 amide bonds. The van der Waals surface area contributed by atoms with Gasteiger partial charge in [0.25, 0.3) is 5.56 Å². The maximum Gasteiger partial charge on any atom is 0.273 e. The van der Waals surface area contributed by atoms with Gasteiger partial charge in [-0.05, 0) is 54.4 Å². The van der Waals surface area contributed by atoms with Gasteiger partial charge >= 0.3 is 0 Å². The second kappa shape index (κ2) is 7.27. The van der Waals surface area contributed by atoms with E-state index in [-0.39, 0.29) is 11.1 Å². The van der Waals surface area contributed by atoms with Gasteiger partial charge in [-0.2, -0.15) is 0 Å². The van der Waals surface area contributed by atoms with E-state index in [0.717, 1.165) is 11.6 Å². The number of benzene rings is 2. The van der Waals surface area contributed by atoms with Crippen LogP contribution >= 0.6 is 0 Å². The molecular formula is C22H18F2N4O. The average Bonchev–Trinajstić information content (AvgIpc) is 2.67. The molecule has 29 heavy (non-hydrogen) atoms. The molecule has 5 nitrogen and oxygen atoms in total. The zero-order valence-corrected chi connectivity index (χ0v) is 15.5. The van der Waals surface area contributed by atoms with Crippen LogP contribution < -0.4 is 11.3 Å². The number of hydrogen-bond acceptors (Lipinski definition) is 2. The second-order valence-electron chi connectivity index (χ2n) is 6.72. The van der Waals surface area contributed by atoms with Gasteiger partial charge in [-0.25, -0.2) is 13.3 Å². The zero-order valence-electron chi connectivity index (χ0n) is 15.5. The van der Waals surface area contributed by atoms with E-state index in [4.69, 9.17) is 5.73 Å². The van der Waals surface area contributed by atoms with Crippen molar-refractivity contribution in [2.45, 2.75) is 6.92 Å². The van der Waals surface area contributed by atoms with Crippen molar-refractivity contribution in [3.05, 3.63) is 94.4 Å². The molecule has 0 saturated heterocycles. The third-order valence-electron chi connectivity index (χ3n) is 4.55. The Morgan fingerprint density at radius 2 is 1.62 bits per heavy atom. The molecule has 0 fully saturated rings. The molecule has 7 heteroatoms. The van der Waals surface area contributed by atoms with E-state index < -0.39 is 11.6 Å². The molecule has 0 atom stereocenters. The highest BCUT2D eigenvalue weighted by Crippen LogP contribution is 2.24. The first-order chi connectivity index (χ1) is 13.9. The minimum absolute atomic E-state index is 0.225. The van der Waals surface area contributed by atoms with Crippen molar-refractivity contribution in [1.82, 2.24) is 14.6 Å². The summed E-state index contributed by atoms with van der Waals surface area (Å²) in [6.07, 6.45) is 0. The third kappa shape index (κ3) is 3.75. The largest absolute Gasteiger partial charge is 0.399 e. The third-order valence-corrected chi connectivity index (χ3v) is 4.55. The van der Waals surface area contributed by atoms with Gasteiger partial charge < -0.3 is 10.7 Å². The molecular weight excluding hydrogens is 374 g/mol. The number of nitrogens with zero attached hydrogens (tertiary/aromatic N) is 1. The van der Waals surface area contributed by atoms with Crippen LogP contribution in [0.15, 0.2) is 71.5 Å². The van der Waals surface area contributed by atoms with E-state index in [1.54, 1.807) is 49.4 Å². The predicted octanol–water partition coefficient (Wildman–Crippen LogP) is 4.58. The minimum atomic E-state index is -0.685. The van der Waals surface area contributed by atoms with Crippen LogP contribution in [0.3, 0.4) is 0 Å². The van der Waals surface area contributed by atoms with Gasteiger partial charge in [0.1, 0.15) is 17.3 Å². The van der Waals surface area contributed by atoms with E-state index in [1.165, 1.54) is 22.7 Å². The second-order valence-corrected chi connectivity index (χ2v) is 6.72. The average molecular weight is 392 g/mol. The molecule has 4 N–H and O–H groups in total. The van der Waals surface area contributed by atoms with Crippen LogP contribution in [-0.2, 0) is 0 Å². The first-order valence-electron chi connectivity index (χ1n) is 8.92. The summed E-state index contributed by atoms with van der Waals surface area (Å²) in [5.41, 5.74) is 9.22. The highest BCUT2D eigenvalue weighted by Gasteiger charge is 2.08. The topological polar surface area (TPSA) is 79.1 Å². The molecule has 0 radical (unpaired) electrons. The van der Waals surface area contributed by atoms with Gasteiger partial charge in [0, 0.05) is 29.1 Å². The molecule has 0 saturated carbocycles. The number of halogens is 2. The molecule has 2 aromatic heterocycles. The molecule has 0 bridgehead atoms. The van der Waals surface area contributed by atoms with Crippen LogP contribution in [0.4, 0.5) is 14.5 Å². The van der Waals surface area contributed by atoms with Crippen molar-refractivity contribution in [2.75, 3.05) is 5.73 Å². The van der Waals surface area contributed by atoms with Crippen LogP contribution in [0.2, 0.25) is 0 Å². The van der Waals surface area contributed by atoms with Crippen molar-refractivity contribution in [3.63, 3.8) is 0 Å². The number of aromatic amines is 2. The summed E-state index contributed by atoms with van der Waals surface area (Å²) in [4.78, 5) is 16.0.